The summed E-state index contributed by atoms with van der Waals surface area (Å²) in [6, 6.07) is 12.4. The minimum Gasteiger partial charge on any atom is -0.497 e. The topological polar surface area (TPSA) is 84.0 Å². The maximum Gasteiger partial charge on any atom is 0.387 e. The molecular formula is C22H27F2IN4O3. The number of hydrogen-bond donors (Lipinski definition) is 3. The first kappa shape index (κ1) is 25.6. The van der Waals surface area contributed by atoms with Gasteiger partial charge in [0.2, 0.25) is 5.91 Å². The average Bonchev–Trinajstić information content (AvgIpc) is 2.75. The zero-order chi connectivity index (χ0) is 22.2. The first-order valence-electron chi connectivity index (χ1n) is 10.0. The van der Waals surface area contributed by atoms with E-state index < -0.39 is 6.61 Å². The summed E-state index contributed by atoms with van der Waals surface area (Å²) in [4.78, 5) is 16.5. The van der Waals surface area contributed by atoms with Gasteiger partial charge < -0.3 is 25.4 Å². The Labute approximate surface area is 203 Å². The van der Waals surface area contributed by atoms with Crippen molar-refractivity contribution in [2.24, 2.45) is 4.99 Å². The van der Waals surface area contributed by atoms with E-state index in [1.54, 1.807) is 12.1 Å². The van der Waals surface area contributed by atoms with E-state index >= 15 is 0 Å². The van der Waals surface area contributed by atoms with Crippen molar-refractivity contribution < 1.29 is 23.0 Å². The van der Waals surface area contributed by atoms with Crippen LogP contribution in [-0.4, -0.2) is 38.7 Å². The van der Waals surface area contributed by atoms with Crippen LogP contribution in [0.5, 0.6) is 11.5 Å². The summed E-state index contributed by atoms with van der Waals surface area (Å²) < 4.78 is 35.3. The van der Waals surface area contributed by atoms with Crippen LogP contribution in [0.15, 0.2) is 47.5 Å². The second kappa shape index (κ2) is 12.4. The molecule has 0 spiro atoms. The van der Waals surface area contributed by atoms with Crippen LogP contribution >= 0.6 is 24.0 Å². The number of nitrogens with zero attached hydrogens (tertiary/aromatic N) is 1. The van der Waals surface area contributed by atoms with E-state index in [1.807, 2.05) is 31.2 Å². The molecule has 1 atom stereocenters. The van der Waals surface area contributed by atoms with Gasteiger partial charge in [-0.1, -0.05) is 18.2 Å². The highest BCUT2D eigenvalue weighted by atomic mass is 127. The second-order valence-corrected chi connectivity index (χ2v) is 6.96. The number of carbonyl (C=O) groups is 1. The van der Waals surface area contributed by atoms with Crippen molar-refractivity contribution in [3.63, 3.8) is 0 Å². The number of rotatable bonds is 8. The molecule has 3 N–H and O–H groups in total. The van der Waals surface area contributed by atoms with Gasteiger partial charge in [0.25, 0.3) is 0 Å². The highest BCUT2D eigenvalue weighted by molar-refractivity contribution is 14.0. The standard InChI is InChI=1S/C22H26F2N4O3.HI/c1-3-25-22(26-12-14-8-9-16(30-2)11-19(14)31-21(23)24)27-13-15-10-20(29)28-18-7-5-4-6-17(15)18;/h4-9,11,15,21H,3,10,12-13H2,1-2H3,(H,28,29)(H2,25,26,27);1H. The van der Waals surface area contributed by atoms with Crippen LogP contribution in [0.2, 0.25) is 0 Å². The Hall–Kier alpha value is -2.63. The third-order valence-electron chi connectivity index (χ3n) is 4.86. The van der Waals surface area contributed by atoms with Gasteiger partial charge in [-0.05, 0) is 30.7 Å². The molecule has 0 saturated carbocycles. The minimum absolute atomic E-state index is 0. The fourth-order valence-corrected chi connectivity index (χ4v) is 3.41. The SMILES string of the molecule is CCNC(=NCc1ccc(OC)cc1OC(F)F)NCC1CC(=O)Nc2ccccc21.I. The highest BCUT2D eigenvalue weighted by Crippen LogP contribution is 2.31. The number of aliphatic imine (C=N–C) groups is 1. The van der Waals surface area contributed by atoms with E-state index in [2.05, 4.69) is 25.7 Å². The maximum atomic E-state index is 12.8. The summed E-state index contributed by atoms with van der Waals surface area (Å²) in [5.74, 6) is 0.922. The summed E-state index contributed by atoms with van der Waals surface area (Å²) in [5.41, 5.74) is 2.38. The molecule has 1 aliphatic rings. The lowest BCUT2D eigenvalue weighted by atomic mass is 9.90. The fourth-order valence-electron chi connectivity index (χ4n) is 3.41. The molecule has 0 radical (unpaired) electrons. The van der Waals surface area contributed by atoms with Crippen LogP contribution in [0.4, 0.5) is 14.5 Å². The van der Waals surface area contributed by atoms with Gasteiger partial charge in [0.05, 0.1) is 13.7 Å². The molecule has 10 heteroatoms. The normalized spacial score (nSPS) is 15.3. The third-order valence-corrected chi connectivity index (χ3v) is 4.86. The van der Waals surface area contributed by atoms with Gasteiger partial charge in [-0.2, -0.15) is 8.78 Å². The predicted molar refractivity (Wildman–Crippen MR) is 130 cm³/mol. The largest absolute Gasteiger partial charge is 0.497 e. The Morgan fingerprint density at radius 2 is 2.03 bits per heavy atom. The lowest BCUT2D eigenvalue weighted by molar-refractivity contribution is -0.116. The molecular weight excluding hydrogens is 533 g/mol. The molecule has 3 rings (SSSR count). The number of methoxy groups -OCH3 is 1. The van der Waals surface area contributed by atoms with E-state index in [0.717, 1.165) is 11.3 Å². The maximum absolute atomic E-state index is 12.8. The summed E-state index contributed by atoms with van der Waals surface area (Å²) in [7, 11) is 1.45. The van der Waals surface area contributed by atoms with Crippen LogP contribution in [0.25, 0.3) is 0 Å². The number of halogens is 3. The number of nitrogens with one attached hydrogen (secondary N) is 3. The van der Waals surface area contributed by atoms with Crippen LogP contribution in [-0.2, 0) is 11.3 Å². The van der Waals surface area contributed by atoms with Crippen molar-refractivity contribution >= 4 is 41.5 Å². The van der Waals surface area contributed by atoms with Crippen molar-refractivity contribution in [1.82, 2.24) is 10.6 Å². The van der Waals surface area contributed by atoms with Crippen LogP contribution in [0.1, 0.15) is 30.4 Å². The fraction of sp³-hybridized carbons (Fsp3) is 0.364. The van der Waals surface area contributed by atoms with E-state index in [9.17, 15) is 13.6 Å². The predicted octanol–water partition coefficient (Wildman–Crippen LogP) is 4.10. The van der Waals surface area contributed by atoms with Crippen molar-refractivity contribution in [2.75, 3.05) is 25.5 Å². The first-order chi connectivity index (χ1) is 15.0. The van der Waals surface area contributed by atoms with E-state index in [-0.39, 0.29) is 48.1 Å². The number of alkyl halides is 2. The molecule has 1 aliphatic heterocycles. The number of hydrogen-bond acceptors (Lipinski definition) is 4. The van der Waals surface area contributed by atoms with E-state index in [4.69, 9.17) is 4.74 Å². The van der Waals surface area contributed by atoms with Crippen LogP contribution < -0.4 is 25.4 Å². The van der Waals surface area contributed by atoms with Crippen molar-refractivity contribution in [2.45, 2.75) is 32.4 Å². The summed E-state index contributed by atoms with van der Waals surface area (Å²) >= 11 is 0. The second-order valence-electron chi connectivity index (χ2n) is 6.96. The molecule has 32 heavy (non-hydrogen) atoms. The number of anilines is 1. The summed E-state index contributed by atoms with van der Waals surface area (Å²) in [5, 5.41) is 9.27. The molecule has 2 aromatic carbocycles. The number of fused-ring (bicyclic) bond motifs is 1. The molecule has 7 nitrogen and oxygen atoms in total. The van der Waals surface area contributed by atoms with Crippen molar-refractivity contribution in [1.29, 1.82) is 0 Å². The molecule has 174 valence electrons. The van der Waals surface area contributed by atoms with Crippen LogP contribution in [0.3, 0.4) is 0 Å². The van der Waals surface area contributed by atoms with Gasteiger partial charge in [-0.25, -0.2) is 4.99 Å². The zero-order valence-electron chi connectivity index (χ0n) is 17.9. The molecule has 0 aliphatic carbocycles. The number of guanidine groups is 1. The third kappa shape index (κ3) is 6.94. The molecule has 0 bridgehead atoms. The average molecular weight is 560 g/mol. The number of para-hydroxylation sites is 1. The Morgan fingerprint density at radius 3 is 2.75 bits per heavy atom. The Balaban J connectivity index is 0.00000363. The lowest BCUT2D eigenvalue weighted by Gasteiger charge is -2.26. The highest BCUT2D eigenvalue weighted by Gasteiger charge is 2.24. The molecule has 0 saturated heterocycles. The van der Waals surface area contributed by atoms with Gasteiger partial charge >= 0.3 is 6.61 Å². The summed E-state index contributed by atoms with van der Waals surface area (Å²) in [6.45, 7) is 0.233. The Kier molecular flexibility index (Phi) is 9.95. The van der Waals surface area contributed by atoms with Gasteiger partial charge in [0.15, 0.2) is 5.96 Å². The number of benzene rings is 2. The Morgan fingerprint density at radius 1 is 1.25 bits per heavy atom. The quantitative estimate of drug-likeness (QED) is 0.258. The van der Waals surface area contributed by atoms with Gasteiger partial charge in [-0.15, -0.1) is 24.0 Å². The van der Waals surface area contributed by atoms with Crippen LogP contribution in [0, 0.1) is 0 Å². The molecule has 0 fully saturated rings. The molecule has 1 unspecified atom stereocenters. The van der Waals surface area contributed by atoms with E-state index in [0.29, 0.717) is 36.8 Å². The molecule has 0 aromatic heterocycles. The minimum atomic E-state index is -2.95. The molecule has 1 heterocycles. The lowest BCUT2D eigenvalue weighted by Crippen LogP contribution is -2.40. The monoisotopic (exact) mass is 560 g/mol. The van der Waals surface area contributed by atoms with Gasteiger partial charge in [-0.3, -0.25) is 4.79 Å². The summed E-state index contributed by atoms with van der Waals surface area (Å²) in [6.07, 6.45) is 0.369. The number of carbonyl (C=O) groups excluding carboxylic acids is 1. The van der Waals surface area contributed by atoms with Crippen molar-refractivity contribution in [3.8, 4) is 11.5 Å². The smallest absolute Gasteiger partial charge is 0.387 e. The number of amides is 1. The van der Waals surface area contributed by atoms with Crippen molar-refractivity contribution in [3.05, 3.63) is 53.6 Å². The Bertz CT molecular complexity index is 943. The first-order valence-corrected chi connectivity index (χ1v) is 10.0. The molecule has 1 amide bonds. The molecule has 2 aromatic rings. The van der Waals surface area contributed by atoms with E-state index in [1.165, 1.54) is 13.2 Å². The zero-order valence-corrected chi connectivity index (χ0v) is 20.2. The van der Waals surface area contributed by atoms with Gasteiger partial charge in [0, 0.05) is 42.7 Å². The van der Waals surface area contributed by atoms with Gasteiger partial charge in [0.1, 0.15) is 11.5 Å². The number of ether oxygens (including phenoxy) is 2.